The van der Waals surface area contributed by atoms with Crippen molar-refractivity contribution < 1.29 is 17.9 Å². The molecule has 208 valence electrons. The van der Waals surface area contributed by atoms with Crippen LogP contribution in [0.3, 0.4) is 0 Å². The molecular formula is C33H21ClF3N3O2. The van der Waals surface area contributed by atoms with Gasteiger partial charge >= 0.3 is 6.18 Å². The summed E-state index contributed by atoms with van der Waals surface area (Å²) in [5.74, 6) is 0.486. The van der Waals surface area contributed by atoms with Gasteiger partial charge in [0, 0.05) is 16.1 Å². The van der Waals surface area contributed by atoms with E-state index in [4.69, 9.17) is 16.3 Å². The Bertz CT molecular complexity index is 2020. The molecule has 0 fully saturated rings. The lowest BCUT2D eigenvalue weighted by Gasteiger charge is -2.14. The van der Waals surface area contributed by atoms with Crippen LogP contribution in [0, 0.1) is 0 Å². The number of alkyl halides is 3. The molecule has 42 heavy (non-hydrogen) atoms. The zero-order valence-corrected chi connectivity index (χ0v) is 22.6. The third-order valence-corrected chi connectivity index (χ3v) is 6.99. The second-order valence-electron chi connectivity index (χ2n) is 9.51. The fourth-order valence-corrected chi connectivity index (χ4v) is 4.77. The summed E-state index contributed by atoms with van der Waals surface area (Å²) in [7, 11) is 0. The van der Waals surface area contributed by atoms with Crippen LogP contribution in [-0.4, -0.2) is 15.9 Å². The van der Waals surface area contributed by atoms with E-state index in [-0.39, 0.29) is 23.4 Å². The van der Waals surface area contributed by atoms with Gasteiger partial charge in [-0.25, -0.2) is 4.98 Å². The van der Waals surface area contributed by atoms with Gasteiger partial charge in [-0.1, -0.05) is 78.3 Å². The molecule has 6 aromatic rings. The van der Waals surface area contributed by atoms with Crippen molar-refractivity contribution in [1.82, 2.24) is 9.66 Å². The van der Waals surface area contributed by atoms with Gasteiger partial charge in [-0.2, -0.15) is 22.9 Å². The molecular weight excluding hydrogens is 563 g/mol. The van der Waals surface area contributed by atoms with Crippen molar-refractivity contribution in [1.29, 1.82) is 0 Å². The van der Waals surface area contributed by atoms with Gasteiger partial charge < -0.3 is 4.74 Å². The minimum atomic E-state index is -4.57. The summed E-state index contributed by atoms with van der Waals surface area (Å²) >= 11 is 6.01. The number of ether oxygens (including phenoxy) is 1. The Morgan fingerprint density at radius 2 is 1.60 bits per heavy atom. The van der Waals surface area contributed by atoms with Crippen molar-refractivity contribution in [3.63, 3.8) is 0 Å². The number of nitrogens with zero attached hydrogens (tertiary/aromatic N) is 3. The van der Waals surface area contributed by atoms with Gasteiger partial charge in [-0.15, -0.1) is 0 Å². The normalized spacial score (nSPS) is 11.9. The number of aromatic nitrogens is 2. The Labute approximate surface area is 243 Å². The first-order valence-corrected chi connectivity index (χ1v) is 13.3. The van der Waals surface area contributed by atoms with Crippen LogP contribution in [-0.2, 0) is 12.8 Å². The highest BCUT2D eigenvalue weighted by molar-refractivity contribution is 6.30. The van der Waals surface area contributed by atoms with Crippen LogP contribution < -0.4 is 10.3 Å². The van der Waals surface area contributed by atoms with E-state index in [9.17, 15) is 18.0 Å². The molecule has 0 atom stereocenters. The summed E-state index contributed by atoms with van der Waals surface area (Å²) in [4.78, 5) is 18.2. The van der Waals surface area contributed by atoms with Crippen LogP contribution in [0.4, 0.5) is 13.2 Å². The first-order chi connectivity index (χ1) is 20.3. The van der Waals surface area contributed by atoms with Crippen LogP contribution in [0.15, 0.2) is 119 Å². The maximum absolute atomic E-state index is 13.7. The Morgan fingerprint density at radius 1 is 0.857 bits per heavy atom. The topological polar surface area (TPSA) is 56.5 Å². The molecule has 1 heterocycles. The minimum absolute atomic E-state index is 0.0232. The predicted octanol–water partition coefficient (Wildman–Crippen LogP) is 8.35. The van der Waals surface area contributed by atoms with E-state index in [0.717, 1.165) is 33.1 Å². The van der Waals surface area contributed by atoms with Gasteiger partial charge in [0.1, 0.15) is 12.4 Å². The summed E-state index contributed by atoms with van der Waals surface area (Å²) in [6.07, 6.45) is -3.09. The lowest BCUT2D eigenvalue weighted by atomic mass is 10.0. The van der Waals surface area contributed by atoms with Gasteiger partial charge in [0.25, 0.3) is 5.56 Å². The number of halogens is 4. The Balaban J connectivity index is 1.50. The molecule has 0 aliphatic heterocycles. The quantitative estimate of drug-likeness (QED) is 0.185. The van der Waals surface area contributed by atoms with Gasteiger partial charge in [0.15, 0.2) is 5.82 Å². The second kappa shape index (κ2) is 11.1. The fourth-order valence-electron chi connectivity index (χ4n) is 4.64. The molecule has 0 aliphatic rings. The molecule has 9 heteroatoms. The van der Waals surface area contributed by atoms with Crippen LogP contribution in [0.5, 0.6) is 5.75 Å². The van der Waals surface area contributed by atoms with Crippen molar-refractivity contribution in [2.75, 3.05) is 0 Å². The lowest BCUT2D eigenvalue weighted by molar-refractivity contribution is -0.137. The SMILES string of the molecule is O=c1c2ccccc2nc(-c2cccc(C(F)(F)F)c2)n1N=Cc1c(OCc2ccc(Cl)cc2)ccc2ccccc12. The molecule has 0 N–H and O–H groups in total. The first kappa shape index (κ1) is 27.2. The largest absolute Gasteiger partial charge is 0.488 e. The van der Waals surface area contributed by atoms with Gasteiger partial charge in [0.2, 0.25) is 0 Å². The van der Waals surface area contributed by atoms with Crippen LogP contribution in [0.25, 0.3) is 33.1 Å². The summed E-state index contributed by atoms with van der Waals surface area (Å²) in [6, 6.07) is 29.9. The van der Waals surface area contributed by atoms with E-state index in [0.29, 0.717) is 21.9 Å². The molecule has 0 saturated carbocycles. The molecule has 5 aromatic carbocycles. The molecule has 0 saturated heterocycles. The van der Waals surface area contributed by atoms with Gasteiger partial charge in [-0.05, 0) is 58.8 Å². The number of benzene rings is 5. The molecule has 0 aliphatic carbocycles. The average Bonchev–Trinajstić information content (AvgIpc) is 3.00. The van der Waals surface area contributed by atoms with Crippen molar-refractivity contribution in [3.8, 4) is 17.1 Å². The monoisotopic (exact) mass is 583 g/mol. The third-order valence-electron chi connectivity index (χ3n) is 6.74. The highest BCUT2D eigenvalue weighted by Gasteiger charge is 2.31. The number of hydrogen-bond acceptors (Lipinski definition) is 4. The number of fused-ring (bicyclic) bond motifs is 2. The highest BCUT2D eigenvalue weighted by Crippen LogP contribution is 2.32. The molecule has 5 nitrogen and oxygen atoms in total. The van der Waals surface area contributed by atoms with Crippen LogP contribution in [0.1, 0.15) is 16.7 Å². The minimum Gasteiger partial charge on any atom is -0.488 e. The molecule has 6 rings (SSSR count). The third kappa shape index (κ3) is 5.49. The van der Waals surface area contributed by atoms with Gasteiger partial charge in [0.05, 0.1) is 22.7 Å². The first-order valence-electron chi connectivity index (χ1n) is 12.9. The maximum Gasteiger partial charge on any atom is 0.416 e. The molecule has 0 spiro atoms. The van der Waals surface area contributed by atoms with Gasteiger partial charge in [-0.3, -0.25) is 4.79 Å². The van der Waals surface area contributed by atoms with Crippen molar-refractivity contribution in [3.05, 3.63) is 141 Å². The van der Waals surface area contributed by atoms with E-state index < -0.39 is 17.3 Å². The van der Waals surface area contributed by atoms with Crippen molar-refractivity contribution in [2.45, 2.75) is 12.8 Å². The molecule has 0 bridgehead atoms. The summed E-state index contributed by atoms with van der Waals surface area (Å²) in [5.41, 5.74) is 0.563. The van der Waals surface area contributed by atoms with Crippen LogP contribution in [0.2, 0.25) is 5.02 Å². The standard InChI is InChI=1S/C33H21ClF3N3O2/c34-25-15-12-21(13-16-25)20-42-30-17-14-22-6-1-2-9-26(22)28(30)19-38-40-31(23-7-5-8-24(18-23)33(35,36)37)39-29-11-4-3-10-27(29)32(40)41/h1-19H,20H2. The molecule has 0 amide bonds. The van der Waals surface area contributed by atoms with Crippen molar-refractivity contribution in [2.24, 2.45) is 5.10 Å². The second-order valence-corrected chi connectivity index (χ2v) is 9.94. The number of para-hydroxylation sites is 1. The van der Waals surface area contributed by atoms with E-state index in [1.165, 1.54) is 18.3 Å². The Morgan fingerprint density at radius 3 is 2.38 bits per heavy atom. The average molecular weight is 584 g/mol. The Hall–Kier alpha value is -4.95. The van der Waals surface area contributed by atoms with Crippen LogP contribution >= 0.6 is 11.6 Å². The van der Waals surface area contributed by atoms with E-state index in [1.54, 1.807) is 36.4 Å². The van der Waals surface area contributed by atoms with E-state index >= 15 is 0 Å². The van der Waals surface area contributed by atoms with E-state index in [1.807, 2.05) is 48.5 Å². The number of rotatable bonds is 6. The van der Waals surface area contributed by atoms with E-state index in [2.05, 4.69) is 10.1 Å². The summed E-state index contributed by atoms with van der Waals surface area (Å²) in [5, 5.41) is 7.14. The molecule has 0 radical (unpaired) electrons. The lowest BCUT2D eigenvalue weighted by Crippen LogP contribution is -2.20. The number of hydrogen-bond donors (Lipinski definition) is 0. The maximum atomic E-state index is 13.7. The zero-order valence-electron chi connectivity index (χ0n) is 21.8. The van der Waals surface area contributed by atoms with Crippen molar-refractivity contribution >= 4 is 39.5 Å². The zero-order chi connectivity index (χ0) is 29.3. The predicted molar refractivity (Wildman–Crippen MR) is 159 cm³/mol. The smallest absolute Gasteiger partial charge is 0.416 e. The molecule has 0 unspecified atom stereocenters. The highest BCUT2D eigenvalue weighted by atomic mass is 35.5. The Kier molecular flexibility index (Phi) is 7.22. The fraction of sp³-hybridized carbons (Fsp3) is 0.0606. The molecule has 1 aromatic heterocycles. The summed E-state index contributed by atoms with van der Waals surface area (Å²) in [6.45, 7) is 0.253. The summed E-state index contributed by atoms with van der Waals surface area (Å²) < 4.78 is 47.9.